The van der Waals surface area contributed by atoms with Crippen LogP contribution in [0, 0.1) is 0 Å². The second-order valence-corrected chi connectivity index (χ2v) is 7.44. The third kappa shape index (κ3) is 5.37. The zero-order valence-corrected chi connectivity index (χ0v) is 18.8. The molecule has 0 bridgehead atoms. The van der Waals surface area contributed by atoms with Crippen molar-refractivity contribution >= 4 is 5.97 Å². The van der Waals surface area contributed by atoms with Crippen LogP contribution >= 0.6 is 0 Å². The maximum atomic E-state index is 13.8. The van der Waals surface area contributed by atoms with Crippen molar-refractivity contribution in [1.82, 2.24) is 20.2 Å². The van der Waals surface area contributed by atoms with Gasteiger partial charge in [0.2, 0.25) is 0 Å². The molecule has 0 unspecified atom stereocenters. The summed E-state index contributed by atoms with van der Waals surface area (Å²) >= 11 is 0. The van der Waals surface area contributed by atoms with Crippen LogP contribution in [0.25, 0.3) is 5.69 Å². The van der Waals surface area contributed by atoms with Gasteiger partial charge in [-0.2, -0.15) is 17.9 Å². The first kappa shape index (κ1) is 24.5. The van der Waals surface area contributed by atoms with Gasteiger partial charge in [-0.15, -0.1) is 0 Å². The highest BCUT2D eigenvalue weighted by molar-refractivity contribution is 5.90. The molecule has 0 aliphatic carbocycles. The van der Waals surface area contributed by atoms with E-state index in [2.05, 4.69) is 15.5 Å². The van der Waals surface area contributed by atoms with Crippen LogP contribution < -0.4 is 15.2 Å². The molecule has 36 heavy (non-hydrogen) atoms. The van der Waals surface area contributed by atoms with Crippen molar-refractivity contribution in [2.75, 3.05) is 7.11 Å². The van der Waals surface area contributed by atoms with E-state index in [1.807, 2.05) is 0 Å². The van der Waals surface area contributed by atoms with E-state index in [4.69, 9.17) is 14.2 Å². The molecule has 0 saturated carbocycles. The van der Waals surface area contributed by atoms with Crippen molar-refractivity contribution in [3.05, 3.63) is 99.5 Å². The Morgan fingerprint density at radius 3 is 2.44 bits per heavy atom. The van der Waals surface area contributed by atoms with Gasteiger partial charge >= 0.3 is 17.8 Å². The number of esters is 1. The number of aromatic amines is 1. The lowest BCUT2D eigenvalue weighted by atomic mass is 10.1. The lowest BCUT2D eigenvalue weighted by Crippen LogP contribution is -2.19. The van der Waals surface area contributed by atoms with Crippen LogP contribution in [0.2, 0.25) is 0 Å². The van der Waals surface area contributed by atoms with Crippen molar-refractivity contribution < 1.29 is 32.2 Å². The normalized spacial score (nSPS) is 11.2. The van der Waals surface area contributed by atoms with E-state index in [0.717, 1.165) is 10.7 Å². The Morgan fingerprint density at radius 2 is 1.78 bits per heavy atom. The molecule has 12 heteroatoms. The van der Waals surface area contributed by atoms with E-state index in [9.17, 15) is 22.8 Å². The third-order valence-corrected chi connectivity index (χ3v) is 5.13. The molecule has 0 amide bonds. The number of halogens is 3. The lowest BCUT2D eigenvalue weighted by molar-refractivity contribution is -0.139. The van der Waals surface area contributed by atoms with E-state index in [1.165, 1.54) is 19.2 Å². The number of carbonyl (C=O) groups is 1. The maximum absolute atomic E-state index is 13.8. The number of ether oxygens (including phenoxy) is 3. The van der Waals surface area contributed by atoms with Gasteiger partial charge in [0.25, 0.3) is 0 Å². The fourth-order valence-corrected chi connectivity index (χ4v) is 3.40. The van der Waals surface area contributed by atoms with Crippen LogP contribution in [0.4, 0.5) is 13.2 Å². The zero-order valence-electron chi connectivity index (χ0n) is 18.8. The van der Waals surface area contributed by atoms with Crippen LogP contribution in [0.5, 0.6) is 11.5 Å². The summed E-state index contributed by atoms with van der Waals surface area (Å²) in [6.45, 7) is -0.489. The van der Waals surface area contributed by atoms with Crippen molar-refractivity contribution in [3.8, 4) is 17.2 Å². The molecule has 4 rings (SSSR count). The first-order chi connectivity index (χ1) is 17.3. The average Bonchev–Trinajstić information content (AvgIpc) is 3.31. The minimum atomic E-state index is -4.82. The number of hydrogen-bond acceptors (Lipinski definition) is 7. The first-order valence-electron chi connectivity index (χ1n) is 10.5. The molecule has 0 radical (unpaired) electrons. The van der Waals surface area contributed by atoms with Crippen LogP contribution in [0.3, 0.4) is 0 Å². The monoisotopic (exact) mass is 500 g/mol. The van der Waals surface area contributed by atoms with Gasteiger partial charge in [-0.05, 0) is 46.3 Å². The van der Waals surface area contributed by atoms with Gasteiger partial charge in [-0.3, -0.25) is 0 Å². The highest BCUT2D eigenvalue weighted by Crippen LogP contribution is 2.38. The Balaban J connectivity index is 1.60. The second-order valence-electron chi connectivity index (χ2n) is 7.44. The standard InChI is InChI=1S/C24H19F3N4O5/c1-34-20-9-5-8-19(31-23(33)28-29-30-31)17(20)14-35-21-11-10-16(12-18(21)24(25,26)27)22(32)36-13-15-6-3-2-4-7-15/h2-12H,13-14H2,1H3,(H,28,30,33). The molecule has 9 nitrogen and oxygen atoms in total. The highest BCUT2D eigenvalue weighted by Gasteiger charge is 2.35. The van der Waals surface area contributed by atoms with Crippen LogP contribution in [-0.2, 0) is 24.1 Å². The Morgan fingerprint density at radius 1 is 1.00 bits per heavy atom. The minimum absolute atomic E-state index is 0.0860. The molecule has 0 aliphatic heterocycles. The molecule has 1 N–H and O–H groups in total. The van der Waals surface area contributed by atoms with Crippen LogP contribution in [0.15, 0.2) is 71.5 Å². The number of aromatic nitrogens is 4. The van der Waals surface area contributed by atoms with Crippen molar-refractivity contribution in [3.63, 3.8) is 0 Å². The first-order valence-corrected chi connectivity index (χ1v) is 10.5. The van der Waals surface area contributed by atoms with Gasteiger partial charge in [0.15, 0.2) is 0 Å². The van der Waals surface area contributed by atoms with Crippen LogP contribution in [0.1, 0.15) is 27.0 Å². The molecule has 1 aromatic heterocycles. The quantitative estimate of drug-likeness (QED) is 0.366. The van der Waals surface area contributed by atoms with Gasteiger partial charge in [0, 0.05) is 0 Å². The summed E-state index contributed by atoms with van der Waals surface area (Å²) in [5, 5.41) is 9.23. The fourth-order valence-electron chi connectivity index (χ4n) is 3.40. The number of nitrogens with one attached hydrogen (secondary N) is 1. The van der Waals surface area contributed by atoms with Gasteiger partial charge in [0.1, 0.15) is 24.7 Å². The van der Waals surface area contributed by atoms with Gasteiger partial charge in [0.05, 0.1) is 29.5 Å². The number of H-pyrrole nitrogens is 1. The van der Waals surface area contributed by atoms with Gasteiger partial charge < -0.3 is 14.2 Å². The minimum Gasteiger partial charge on any atom is -0.496 e. The van der Waals surface area contributed by atoms with Crippen LogP contribution in [-0.4, -0.2) is 33.3 Å². The van der Waals surface area contributed by atoms with E-state index in [0.29, 0.717) is 11.6 Å². The Kier molecular flexibility index (Phi) is 7.04. The summed E-state index contributed by atoms with van der Waals surface area (Å²) in [4.78, 5) is 24.4. The molecule has 3 aromatic carbocycles. The molecule has 1 heterocycles. The number of methoxy groups -OCH3 is 1. The largest absolute Gasteiger partial charge is 0.496 e. The molecule has 186 valence electrons. The topological polar surface area (TPSA) is 108 Å². The summed E-state index contributed by atoms with van der Waals surface area (Å²) in [7, 11) is 1.37. The number of hydrogen-bond donors (Lipinski definition) is 1. The number of tetrazole rings is 1. The molecule has 0 fully saturated rings. The Hall–Kier alpha value is -4.61. The Labute approximate surface area is 202 Å². The fraction of sp³-hybridized carbons (Fsp3) is 0.167. The molecule has 0 saturated heterocycles. The highest BCUT2D eigenvalue weighted by atomic mass is 19.4. The maximum Gasteiger partial charge on any atom is 0.419 e. The zero-order chi connectivity index (χ0) is 25.7. The van der Waals surface area contributed by atoms with Crippen molar-refractivity contribution in [1.29, 1.82) is 0 Å². The summed E-state index contributed by atoms with van der Waals surface area (Å²) < 4.78 is 58.4. The molecule has 0 aliphatic rings. The van der Waals surface area contributed by atoms with Crippen molar-refractivity contribution in [2.45, 2.75) is 19.4 Å². The summed E-state index contributed by atoms with van der Waals surface area (Å²) in [6, 6.07) is 16.3. The van der Waals surface area contributed by atoms with E-state index >= 15 is 0 Å². The van der Waals surface area contributed by atoms with E-state index in [-0.39, 0.29) is 29.2 Å². The second kappa shape index (κ2) is 10.3. The number of nitrogens with zero attached hydrogens (tertiary/aromatic N) is 3. The molecule has 0 spiro atoms. The number of alkyl halides is 3. The van der Waals surface area contributed by atoms with E-state index in [1.54, 1.807) is 42.5 Å². The van der Waals surface area contributed by atoms with E-state index < -0.39 is 35.8 Å². The molecule has 4 aromatic rings. The van der Waals surface area contributed by atoms with Crippen molar-refractivity contribution in [2.24, 2.45) is 0 Å². The molecular formula is C24H19F3N4O5. The van der Waals surface area contributed by atoms with Gasteiger partial charge in [-0.1, -0.05) is 36.4 Å². The predicted molar refractivity (Wildman–Crippen MR) is 120 cm³/mol. The number of carbonyl (C=O) groups excluding carboxylic acids is 1. The lowest BCUT2D eigenvalue weighted by Gasteiger charge is -2.17. The SMILES string of the molecule is COc1cccc(-n2nn[nH]c2=O)c1COc1ccc(C(=O)OCc2ccccc2)cc1C(F)(F)F. The summed E-state index contributed by atoms with van der Waals surface area (Å²) in [5.74, 6) is -1.17. The smallest absolute Gasteiger partial charge is 0.419 e. The van der Waals surface area contributed by atoms with Gasteiger partial charge in [-0.25, -0.2) is 14.7 Å². The number of benzene rings is 3. The Bertz CT molecular complexity index is 1420. The third-order valence-electron chi connectivity index (χ3n) is 5.13. The predicted octanol–water partition coefficient (Wildman–Crippen LogP) is 3.92. The average molecular weight is 500 g/mol. The number of rotatable bonds is 8. The molecular weight excluding hydrogens is 481 g/mol. The summed E-state index contributed by atoms with van der Waals surface area (Å²) in [5.41, 5.74) is -0.928. The molecule has 0 atom stereocenters. The summed E-state index contributed by atoms with van der Waals surface area (Å²) in [6.07, 6.45) is -4.82.